The maximum absolute atomic E-state index is 14.2. The highest BCUT2D eigenvalue weighted by molar-refractivity contribution is 7.09. The minimum Gasteiger partial charge on any atom is -0.351 e. The van der Waals surface area contributed by atoms with Crippen molar-refractivity contribution in [3.05, 3.63) is 57.2 Å². The van der Waals surface area contributed by atoms with Crippen molar-refractivity contribution in [1.82, 2.24) is 25.3 Å². The van der Waals surface area contributed by atoms with Crippen LogP contribution >= 0.6 is 22.9 Å². The summed E-state index contributed by atoms with van der Waals surface area (Å²) in [5.41, 5.74) is 0.493. The number of likely N-dealkylation sites (N-methyl/N-ethyl adjacent to an activating group) is 1. The lowest BCUT2D eigenvalue weighted by molar-refractivity contribution is -0.142. The number of nitrogens with one attached hydrogen (secondary N) is 2. The third-order valence-corrected chi connectivity index (χ3v) is 10.1. The molecule has 1 saturated carbocycles. The molecule has 1 saturated heterocycles. The highest BCUT2D eigenvalue weighted by Crippen LogP contribution is 2.27. The molecule has 1 aliphatic carbocycles. The van der Waals surface area contributed by atoms with Crippen molar-refractivity contribution in [2.75, 3.05) is 40.8 Å². The molecule has 2 N–H and O–H groups in total. The Morgan fingerprint density at radius 2 is 1.77 bits per heavy atom. The average molecular weight is 630 g/mol. The summed E-state index contributed by atoms with van der Waals surface area (Å²) >= 11 is 7.61. The largest absolute Gasteiger partial charge is 0.351 e. The smallest absolute Gasteiger partial charge is 0.251 e. The van der Waals surface area contributed by atoms with E-state index in [0.29, 0.717) is 36.1 Å². The molecule has 0 bridgehead atoms. The summed E-state index contributed by atoms with van der Waals surface area (Å²) in [6.45, 7) is 2.22. The molecule has 3 atom stereocenters. The zero-order valence-electron chi connectivity index (χ0n) is 25.9. The van der Waals surface area contributed by atoms with Gasteiger partial charge >= 0.3 is 0 Å². The number of amides is 3. The van der Waals surface area contributed by atoms with Gasteiger partial charge in [0.1, 0.15) is 0 Å². The minimum absolute atomic E-state index is 0.108. The van der Waals surface area contributed by atoms with Gasteiger partial charge in [-0.05, 0) is 95.5 Å². The summed E-state index contributed by atoms with van der Waals surface area (Å²) < 4.78 is 0. The molecule has 1 aromatic heterocycles. The van der Waals surface area contributed by atoms with Gasteiger partial charge in [0.05, 0.1) is 18.5 Å². The predicted octanol–water partition coefficient (Wildman–Crippen LogP) is 5.03. The molecule has 8 nitrogen and oxygen atoms in total. The molecule has 1 unspecified atom stereocenters. The van der Waals surface area contributed by atoms with Crippen molar-refractivity contribution in [3.63, 3.8) is 0 Å². The van der Waals surface area contributed by atoms with Crippen LogP contribution in [-0.2, 0) is 16.1 Å². The lowest BCUT2D eigenvalue weighted by Gasteiger charge is -2.42. The normalized spacial score (nSPS) is 20.3. The lowest BCUT2D eigenvalue weighted by Crippen LogP contribution is -2.60. The van der Waals surface area contributed by atoms with Gasteiger partial charge in [-0.3, -0.25) is 19.3 Å². The molecule has 2 aliphatic rings. The fraction of sp³-hybridized carbons (Fsp3) is 0.606. The molecule has 10 heteroatoms. The minimum atomic E-state index is -0.553. The Hall–Kier alpha value is -2.46. The van der Waals surface area contributed by atoms with Gasteiger partial charge in [0, 0.05) is 40.6 Å². The second kappa shape index (κ2) is 16.6. The monoisotopic (exact) mass is 629 g/mol. The maximum atomic E-state index is 14.2. The van der Waals surface area contributed by atoms with Gasteiger partial charge in [-0.1, -0.05) is 43.4 Å². The molecule has 1 aromatic carbocycles. The summed E-state index contributed by atoms with van der Waals surface area (Å²) in [6.07, 6.45) is 9.29. The van der Waals surface area contributed by atoms with Crippen LogP contribution in [0.5, 0.6) is 0 Å². The molecule has 2 aromatic rings. The summed E-state index contributed by atoms with van der Waals surface area (Å²) in [5, 5.41) is 8.72. The molecule has 236 valence electrons. The molecule has 0 spiro atoms. The van der Waals surface area contributed by atoms with Crippen molar-refractivity contribution in [2.24, 2.45) is 5.92 Å². The molecule has 4 rings (SSSR count). The van der Waals surface area contributed by atoms with E-state index >= 15 is 0 Å². The fourth-order valence-electron chi connectivity index (χ4n) is 6.38. The van der Waals surface area contributed by atoms with Gasteiger partial charge in [0.15, 0.2) is 0 Å². The van der Waals surface area contributed by atoms with Gasteiger partial charge < -0.3 is 20.4 Å². The molecule has 3 amide bonds. The SMILES string of the molecule is CN(C)CCCCC(C(=O)N1CC[C@@H](NC(=O)c2ccc(Cl)cc2)[C@@H](C(=O)NCc2cccs2)C1)N(C)C1CCCCC1. The molecule has 43 heavy (non-hydrogen) atoms. The van der Waals surface area contributed by atoms with Crippen LogP contribution in [0.25, 0.3) is 0 Å². The van der Waals surface area contributed by atoms with Gasteiger partial charge in [0.25, 0.3) is 5.91 Å². The van der Waals surface area contributed by atoms with Crippen molar-refractivity contribution in [3.8, 4) is 0 Å². The van der Waals surface area contributed by atoms with Crippen LogP contribution in [0.4, 0.5) is 0 Å². The van der Waals surface area contributed by atoms with E-state index in [9.17, 15) is 14.4 Å². The van der Waals surface area contributed by atoms with Crippen molar-refractivity contribution in [2.45, 2.75) is 82.5 Å². The van der Waals surface area contributed by atoms with Gasteiger partial charge in [-0.25, -0.2) is 0 Å². The van der Waals surface area contributed by atoms with E-state index in [-0.39, 0.29) is 36.3 Å². The van der Waals surface area contributed by atoms with E-state index in [0.717, 1.165) is 43.5 Å². The Balaban J connectivity index is 1.49. The number of carbonyl (C=O) groups excluding carboxylic acids is 3. The van der Waals surface area contributed by atoms with E-state index in [1.54, 1.807) is 35.6 Å². The topological polar surface area (TPSA) is 85.0 Å². The van der Waals surface area contributed by atoms with Crippen molar-refractivity contribution in [1.29, 1.82) is 0 Å². The zero-order chi connectivity index (χ0) is 30.8. The first-order valence-electron chi connectivity index (χ1n) is 15.7. The van der Waals surface area contributed by atoms with Crippen LogP contribution in [0.2, 0.25) is 5.02 Å². The standard InChI is InChI=1S/C33H48ClN5O3S/c1-37(2)19-8-7-13-30(38(3)26-10-5-4-6-11-26)33(42)39-20-18-29(36-31(40)24-14-16-25(34)17-15-24)28(23-39)32(41)35-22-27-12-9-21-43-27/h9,12,14-17,21,26,28-30H,4-8,10-11,13,18-20,22-23H2,1-3H3,(H,35,41)(H,36,40)/t28-,29+,30?/m0/s1. The number of nitrogens with zero attached hydrogens (tertiary/aromatic N) is 3. The molecule has 2 fully saturated rings. The number of likely N-dealkylation sites (tertiary alicyclic amines) is 1. The number of unbranched alkanes of at least 4 members (excludes halogenated alkanes) is 1. The number of rotatable bonds is 13. The summed E-state index contributed by atoms with van der Waals surface area (Å²) in [4.78, 5) is 48.5. The van der Waals surface area contributed by atoms with Crippen LogP contribution in [0.15, 0.2) is 41.8 Å². The van der Waals surface area contributed by atoms with Gasteiger partial charge in [-0.15, -0.1) is 11.3 Å². The lowest BCUT2D eigenvalue weighted by atomic mass is 9.89. The maximum Gasteiger partial charge on any atom is 0.251 e. The number of carbonyl (C=O) groups is 3. The van der Waals surface area contributed by atoms with Crippen LogP contribution < -0.4 is 10.6 Å². The highest BCUT2D eigenvalue weighted by atomic mass is 35.5. The number of halogens is 1. The van der Waals surface area contributed by atoms with Crippen LogP contribution in [0, 0.1) is 5.92 Å². The quantitative estimate of drug-likeness (QED) is 0.304. The molecule has 1 aliphatic heterocycles. The third kappa shape index (κ3) is 9.76. The second-order valence-corrected chi connectivity index (χ2v) is 13.8. The van der Waals surface area contributed by atoms with E-state index in [2.05, 4.69) is 41.6 Å². The molecule has 0 radical (unpaired) electrons. The number of benzene rings is 1. The van der Waals surface area contributed by atoms with E-state index in [1.807, 2.05) is 22.4 Å². The number of hydrogen-bond donors (Lipinski definition) is 2. The number of piperidine rings is 1. The molecular formula is C33H48ClN5O3S. The Morgan fingerprint density at radius 1 is 1.02 bits per heavy atom. The Labute approximate surface area is 266 Å². The highest BCUT2D eigenvalue weighted by Gasteiger charge is 2.40. The summed E-state index contributed by atoms with van der Waals surface area (Å²) in [5.74, 6) is -0.830. The van der Waals surface area contributed by atoms with Crippen LogP contribution in [-0.4, -0.2) is 91.3 Å². The Kier molecular flexibility index (Phi) is 12.9. The zero-order valence-corrected chi connectivity index (χ0v) is 27.5. The summed E-state index contributed by atoms with van der Waals surface area (Å²) in [7, 11) is 6.28. The van der Waals surface area contributed by atoms with Gasteiger partial charge in [0.2, 0.25) is 11.8 Å². The van der Waals surface area contributed by atoms with Crippen LogP contribution in [0.1, 0.15) is 73.0 Å². The molecule has 2 heterocycles. The predicted molar refractivity (Wildman–Crippen MR) is 174 cm³/mol. The van der Waals surface area contributed by atoms with E-state index < -0.39 is 5.92 Å². The van der Waals surface area contributed by atoms with Gasteiger partial charge in [-0.2, -0.15) is 0 Å². The second-order valence-electron chi connectivity index (χ2n) is 12.3. The average Bonchev–Trinajstić information content (AvgIpc) is 3.54. The first-order chi connectivity index (χ1) is 20.7. The summed E-state index contributed by atoms with van der Waals surface area (Å²) in [6, 6.07) is 10.5. The van der Waals surface area contributed by atoms with Crippen molar-refractivity contribution < 1.29 is 14.4 Å². The van der Waals surface area contributed by atoms with Crippen molar-refractivity contribution >= 4 is 40.7 Å². The first-order valence-corrected chi connectivity index (χ1v) is 17.0. The Morgan fingerprint density at radius 3 is 2.44 bits per heavy atom. The van der Waals surface area contributed by atoms with Crippen LogP contribution in [0.3, 0.4) is 0 Å². The van der Waals surface area contributed by atoms with E-state index in [1.165, 1.54) is 19.3 Å². The molecular weight excluding hydrogens is 582 g/mol. The Bertz CT molecular complexity index is 1170. The number of hydrogen-bond acceptors (Lipinski definition) is 6. The third-order valence-electron chi connectivity index (χ3n) is 8.96. The van der Waals surface area contributed by atoms with E-state index in [4.69, 9.17) is 11.6 Å². The number of thiophene rings is 1. The fourth-order valence-corrected chi connectivity index (χ4v) is 7.15. The first kappa shape index (κ1) is 33.4.